The third-order valence-corrected chi connectivity index (χ3v) is 4.38. The summed E-state index contributed by atoms with van der Waals surface area (Å²) < 4.78 is 7.44. The molecule has 0 aliphatic carbocycles. The number of aromatic nitrogens is 3. The molecule has 0 aliphatic rings. The van der Waals surface area contributed by atoms with Crippen molar-refractivity contribution >= 4 is 5.97 Å². The molecule has 1 heterocycles. The summed E-state index contributed by atoms with van der Waals surface area (Å²) in [5, 5.41) is 8.30. The minimum Gasteiger partial charge on any atom is -0.459 e. The number of rotatable bonds is 7. The molecule has 24 heavy (non-hydrogen) atoms. The van der Waals surface area contributed by atoms with Crippen LogP contribution in [-0.4, -0.2) is 21.0 Å². The summed E-state index contributed by atoms with van der Waals surface area (Å²) in [7, 11) is 0. The highest BCUT2D eigenvalue weighted by atomic mass is 16.5. The van der Waals surface area contributed by atoms with E-state index in [-0.39, 0.29) is 29.3 Å². The van der Waals surface area contributed by atoms with Crippen LogP contribution in [0.3, 0.4) is 0 Å². The average Bonchev–Trinajstić information content (AvgIpc) is 2.90. The zero-order chi connectivity index (χ0) is 18.5. The number of hydrogen-bond donors (Lipinski definition) is 0. The summed E-state index contributed by atoms with van der Waals surface area (Å²) in [5.74, 6) is -0.277. The lowest BCUT2D eigenvalue weighted by molar-refractivity contribution is -0.155. The molecular weight excluding hydrogens is 302 g/mol. The maximum atomic E-state index is 12.6. The summed E-state index contributed by atoms with van der Waals surface area (Å²) in [6.07, 6.45) is 4.71. The van der Waals surface area contributed by atoms with Crippen LogP contribution in [0.15, 0.2) is 6.20 Å². The fourth-order valence-corrected chi connectivity index (χ4v) is 2.82. The number of carbonyl (C=O) groups is 1. The molecule has 5 nitrogen and oxygen atoms in total. The van der Waals surface area contributed by atoms with Gasteiger partial charge in [0.05, 0.1) is 18.2 Å². The molecule has 5 heteroatoms. The number of nitrogens with zero attached hydrogens (tertiary/aromatic N) is 3. The summed E-state index contributed by atoms with van der Waals surface area (Å²) in [6.45, 7) is 17.2. The predicted molar refractivity (Wildman–Crippen MR) is 96.5 cm³/mol. The number of ether oxygens (including phenoxy) is 1. The first-order valence-corrected chi connectivity index (χ1v) is 9.05. The Morgan fingerprint density at radius 3 is 2.21 bits per heavy atom. The second kappa shape index (κ2) is 8.13. The van der Waals surface area contributed by atoms with Crippen LogP contribution in [0.2, 0.25) is 0 Å². The lowest BCUT2D eigenvalue weighted by Gasteiger charge is -2.33. The van der Waals surface area contributed by atoms with Crippen molar-refractivity contribution in [1.29, 1.82) is 0 Å². The predicted octanol–water partition coefficient (Wildman–Crippen LogP) is 4.78. The van der Waals surface area contributed by atoms with E-state index in [0.29, 0.717) is 11.7 Å². The fourth-order valence-electron chi connectivity index (χ4n) is 2.82. The van der Waals surface area contributed by atoms with Crippen molar-refractivity contribution in [3.63, 3.8) is 0 Å². The first-order chi connectivity index (χ1) is 11.0. The Labute approximate surface area is 147 Å². The summed E-state index contributed by atoms with van der Waals surface area (Å²) >= 11 is 0. The molecule has 0 radical (unpaired) electrons. The molecule has 0 fully saturated rings. The van der Waals surface area contributed by atoms with Gasteiger partial charge in [-0.15, -0.1) is 5.10 Å². The first-order valence-electron chi connectivity index (χ1n) is 9.05. The van der Waals surface area contributed by atoms with E-state index in [0.717, 1.165) is 19.3 Å². The van der Waals surface area contributed by atoms with Gasteiger partial charge in [-0.2, -0.15) is 0 Å². The molecule has 1 unspecified atom stereocenters. The van der Waals surface area contributed by atoms with Gasteiger partial charge in [0, 0.05) is 0 Å². The summed E-state index contributed by atoms with van der Waals surface area (Å²) in [4.78, 5) is 12.6. The fraction of sp³-hybridized carbons (Fsp3) is 0.842. The lowest BCUT2D eigenvalue weighted by atomic mass is 9.72. The van der Waals surface area contributed by atoms with Crippen LogP contribution < -0.4 is 0 Å². The van der Waals surface area contributed by atoms with Crippen molar-refractivity contribution in [2.75, 3.05) is 0 Å². The molecule has 0 aromatic carbocycles. The highest BCUT2D eigenvalue weighted by molar-refractivity contribution is 5.73. The number of carbonyl (C=O) groups excluding carboxylic acids is 1. The van der Waals surface area contributed by atoms with E-state index in [9.17, 15) is 4.79 Å². The second-order valence-corrected chi connectivity index (χ2v) is 8.95. The quantitative estimate of drug-likeness (QED) is 0.672. The molecule has 0 N–H and O–H groups in total. The number of esters is 1. The Hall–Kier alpha value is -1.39. The van der Waals surface area contributed by atoms with Crippen LogP contribution in [0.4, 0.5) is 0 Å². The van der Waals surface area contributed by atoms with Gasteiger partial charge in [0.25, 0.3) is 0 Å². The normalized spacial score (nSPS) is 14.0. The van der Waals surface area contributed by atoms with E-state index in [1.54, 1.807) is 0 Å². The number of hydrogen-bond acceptors (Lipinski definition) is 4. The minimum atomic E-state index is -0.144. The van der Waals surface area contributed by atoms with Crippen molar-refractivity contribution in [2.45, 2.75) is 87.3 Å². The standard InChI is InChI=1S/C19H35N3O2/c1-9-15(10-2)22-12-14(20-21-22)13-24-17(23)16(19(6,7)8)11-18(3,4)5/h12,15-16H,9-11,13H2,1-8H3. The average molecular weight is 338 g/mol. The van der Waals surface area contributed by atoms with E-state index >= 15 is 0 Å². The van der Waals surface area contributed by atoms with Crippen molar-refractivity contribution in [3.8, 4) is 0 Å². The smallest absolute Gasteiger partial charge is 0.309 e. The topological polar surface area (TPSA) is 57.0 Å². The van der Waals surface area contributed by atoms with Gasteiger partial charge in [-0.3, -0.25) is 4.79 Å². The van der Waals surface area contributed by atoms with Crippen LogP contribution in [0.5, 0.6) is 0 Å². The monoisotopic (exact) mass is 337 g/mol. The van der Waals surface area contributed by atoms with Gasteiger partial charge in [0.15, 0.2) is 0 Å². The zero-order valence-electron chi connectivity index (χ0n) is 16.7. The van der Waals surface area contributed by atoms with Crippen LogP contribution in [0, 0.1) is 16.7 Å². The van der Waals surface area contributed by atoms with E-state index in [2.05, 4.69) is 65.7 Å². The highest BCUT2D eigenvalue weighted by Crippen LogP contribution is 2.36. The van der Waals surface area contributed by atoms with Crippen LogP contribution >= 0.6 is 0 Å². The lowest BCUT2D eigenvalue weighted by Crippen LogP contribution is -2.33. The summed E-state index contributed by atoms with van der Waals surface area (Å²) in [6, 6.07) is 0.352. The Kier molecular flexibility index (Phi) is 6.99. The maximum absolute atomic E-state index is 12.6. The van der Waals surface area contributed by atoms with E-state index in [1.165, 1.54) is 0 Å². The molecule has 0 aliphatic heterocycles. The van der Waals surface area contributed by atoms with Crippen LogP contribution in [0.25, 0.3) is 0 Å². The van der Waals surface area contributed by atoms with Crippen molar-refractivity contribution < 1.29 is 9.53 Å². The second-order valence-electron chi connectivity index (χ2n) is 8.95. The largest absolute Gasteiger partial charge is 0.459 e. The van der Waals surface area contributed by atoms with E-state index < -0.39 is 0 Å². The van der Waals surface area contributed by atoms with Gasteiger partial charge < -0.3 is 4.74 Å². The molecule has 0 amide bonds. The van der Waals surface area contributed by atoms with Gasteiger partial charge in [-0.1, -0.05) is 60.6 Å². The Bertz CT molecular complexity index is 519. The SMILES string of the molecule is CCC(CC)n1cc(COC(=O)C(CC(C)(C)C)C(C)(C)C)nn1. The van der Waals surface area contributed by atoms with Gasteiger partial charge in [-0.05, 0) is 30.1 Å². The molecule has 1 atom stereocenters. The molecular formula is C19H35N3O2. The van der Waals surface area contributed by atoms with Gasteiger partial charge in [0.2, 0.25) is 0 Å². The molecule has 1 aromatic heterocycles. The van der Waals surface area contributed by atoms with Crippen LogP contribution in [0.1, 0.15) is 86.4 Å². The van der Waals surface area contributed by atoms with Gasteiger partial charge >= 0.3 is 5.97 Å². The Morgan fingerprint density at radius 1 is 1.17 bits per heavy atom. The Balaban J connectivity index is 2.72. The van der Waals surface area contributed by atoms with E-state index in [4.69, 9.17) is 4.74 Å². The third kappa shape index (κ3) is 6.25. The third-order valence-electron chi connectivity index (χ3n) is 4.38. The van der Waals surface area contributed by atoms with Crippen molar-refractivity contribution in [1.82, 2.24) is 15.0 Å². The Morgan fingerprint density at radius 2 is 1.75 bits per heavy atom. The van der Waals surface area contributed by atoms with E-state index in [1.807, 2.05) is 10.9 Å². The highest BCUT2D eigenvalue weighted by Gasteiger charge is 2.35. The molecule has 138 valence electrons. The molecule has 1 rings (SSSR count). The van der Waals surface area contributed by atoms with Crippen LogP contribution in [-0.2, 0) is 16.1 Å². The zero-order valence-corrected chi connectivity index (χ0v) is 16.7. The molecule has 1 aromatic rings. The minimum absolute atomic E-state index is 0.0789. The maximum Gasteiger partial charge on any atom is 0.309 e. The van der Waals surface area contributed by atoms with Crippen molar-refractivity contribution in [2.24, 2.45) is 16.7 Å². The summed E-state index contributed by atoms with van der Waals surface area (Å²) in [5.41, 5.74) is 0.659. The molecule has 0 saturated heterocycles. The van der Waals surface area contributed by atoms with Gasteiger partial charge in [-0.25, -0.2) is 4.68 Å². The molecule has 0 spiro atoms. The molecule has 0 saturated carbocycles. The first kappa shape index (κ1) is 20.7. The molecule has 0 bridgehead atoms. The van der Waals surface area contributed by atoms with Gasteiger partial charge in [0.1, 0.15) is 12.3 Å². The van der Waals surface area contributed by atoms with Crippen molar-refractivity contribution in [3.05, 3.63) is 11.9 Å².